The Bertz CT molecular complexity index is 844. The molecule has 0 bridgehead atoms. The van der Waals surface area contributed by atoms with Gasteiger partial charge in [0.05, 0.1) is 5.69 Å². The molecule has 0 aromatic heterocycles. The second-order valence-corrected chi connectivity index (χ2v) is 6.86. The molecule has 0 aliphatic carbocycles. The molecule has 2 aromatic carbocycles. The Kier molecular flexibility index (Phi) is 3.88. The number of hydrogen-bond acceptors (Lipinski definition) is 4. The molecule has 1 aliphatic heterocycles. The molecular formula is C19H18FNO4. The largest absolute Gasteiger partial charge is 0.443 e. The predicted molar refractivity (Wildman–Crippen MR) is 89.6 cm³/mol. The molecule has 25 heavy (non-hydrogen) atoms. The van der Waals surface area contributed by atoms with E-state index >= 15 is 0 Å². The van der Waals surface area contributed by atoms with Crippen LogP contribution >= 0.6 is 0 Å². The van der Waals surface area contributed by atoms with E-state index in [1.54, 1.807) is 51.1 Å². The maximum absolute atomic E-state index is 13.8. The standard InChI is InChI=1S/C19H18FNO4/c1-18(2,3)25-17(23)21-15-10-9-13(20)11-14(15)19(24,16(21)22)12-7-5-4-6-8-12/h4-11,24H,1-3H3/t19-/m1/s1. The molecule has 0 fully saturated rings. The molecule has 0 saturated heterocycles. The predicted octanol–water partition coefficient (Wildman–Crippen LogP) is 3.34. The zero-order valence-electron chi connectivity index (χ0n) is 14.1. The zero-order chi connectivity index (χ0) is 18.4. The number of benzene rings is 2. The monoisotopic (exact) mass is 343 g/mol. The van der Waals surface area contributed by atoms with Crippen molar-refractivity contribution in [1.82, 2.24) is 0 Å². The molecule has 130 valence electrons. The lowest BCUT2D eigenvalue weighted by Gasteiger charge is -2.25. The summed E-state index contributed by atoms with van der Waals surface area (Å²) >= 11 is 0. The summed E-state index contributed by atoms with van der Waals surface area (Å²) in [6, 6.07) is 11.6. The first-order valence-corrected chi connectivity index (χ1v) is 7.80. The van der Waals surface area contributed by atoms with E-state index in [9.17, 15) is 19.1 Å². The zero-order valence-corrected chi connectivity index (χ0v) is 14.1. The second-order valence-electron chi connectivity index (χ2n) is 6.86. The number of amides is 2. The minimum Gasteiger partial charge on any atom is -0.443 e. The molecular weight excluding hydrogens is 325 g/mol. The van der Waals surface area contributed by atoms with Crippen LogP contribution in [-0.2, 0) is 15.1 Å². The maximum atomic E-state index is 13.8. The van der Waals surface area contributed by atoms with Crippen molar-refractivity contribution in [2.24, 2.45) is 0 Å². The Balaban J connectivity index is 2.17. The summed E-state index contributed by atoms with van der Waals surface area (Å²) < 4.78 is 19.1. The lowest BCUT2D eigenvalue weighted by atomic mass is 9.87. The van der Waals surface area contributed by atoms with Crippen LogP contribution in [0.4, 0.5) is 14.9 Å². The van der Waals surface area contributed by atoms with Crippen molar-refractivity contribution in [3.05, 3.63) is 65.5 Å². The van der Waals surface area contributed by atoms with Crippen molar-refractivity contribution >= 4 is 17.7 Å². The van der Waals surface area contributed by atoms with Gasteiger partial charge in [-0.05, 0) is 44.5 Å². The molecule has 1 heterocycles. The van der Waals surface area contributed by atoms with Crippen molar-refractivity contribution in [2.45, 2.75) is 32.0 Å². The number of ether oxygens (including phenoxy) is 1. The topological polar surface area (TPSA) is 66.8 Å². The number of aliphatic hydroxyl groups is 1. The number of hydrogen-bond donors (Lipinski definition) is 1. The molecule has 0 saturated carbocycles. The first-order valence-electron chi connectivity index (χ1n) is 7.80. The molecule has 5 nitrogen and oxygen atoms in total. The van der Waals surface area contributed by atoms with Gasteiger partial charge >= 0.3 is 6.09 Å². The third-order valence-corrected chi connectivity index (χ3v) is 3.87. The Morgan fingerprint density at radius 3 is 2.40 bits per heavy atom. The molecule has 2 amide bonds. The third-order valence-electron chi connectivity index (χ3n) is 3.87. The van der Waals surface area contributed by atoms with Crippen molar-refractivity contribution < 1.29 is 23.8 Å². The molecule has 1 aliphatic rings. The van der Waals surface area contributed by atoms with Gasteiger partial charge in [0.15, 0.2) is 5.60 Å². The number of carbonyl (C=O) groups is 2. The second kappa shape index (κ2) is 5.67. The Labute approximate surface area is 144 Å². The molecule has 0 spiro atoms. The van der Waals surface area contributed by atoms with Crippen LogP contribution in [0, 0.1) is 5.82 Å². The number of fused-ring (bicyclic) bond motifs is 1. The van der Waals surface area contributed by atoms with Gasteiger partial charge in [-0.1, -0.05) is 30.3 Å². The van der Waals surface area contributed by atoms with E-state index in [0.29, 0.717) is 0 Å². The number of anilines is 1. The van der Waals surface area contributed by atoms with Gasteiger partial charge < -0.3 is 9.84 Å². The highest BCUT2D eigenvalue weighted by Gasteiger charge is 2.54. The van der Waals surface area contributed by atoms with Crippen LogP contribution in [0.3, 0.4) is 0 Å². The minimum atomic E-state index is -2.16. The highest BCUT2D eigenvalue weighted by molar-refractivity contribution is 6.21. The minimum absolute atomic E-state index is 0.00885. The van der Waals surface area contributed by atoms with Crippen LogP contribution in [0.5, 0.6) is 0 Å². The average Bonchev–Trinajstić information content (AvgIpc) is 2.76. The fourth-order valence-corrected chi connectivity index (χ4v) is 2.83. The Morgan fingerprint density at radius 2 is 1.80 bits per heavy atom. The summed E-state index contributed by atoms with van der Waals surface area (Å²) in [7, 11) is 0. The number of carbonyl (C=O) groups excluding carboxylic acids is 2. The molecule has 1 atom stereocenters. The maximum Gasteiger partial charge on any atom is 0.421 e. The molecule has 2 aromatic rings. The van der Waals surface area contributed by atoms with E-state index in [0.717, 1.165) is 17.0 Å². The third kappa shape index (κ3) is 2.78. The first-order chi connectivity index (χ1) is 11.6. The van der Waals surface area contributed by atoms with E-state index in [1.165, 1.54) is 6.07 Å². The van der Waals surface area contributed by atoms with Gasteiger partial charge in [0.25, 0.3) is 5.91 Å². The van der Waals surface area contributed by atoms with E-state index in [-0.39, 0.29) is 16.8 Å². The average molecular weight is 343 g/mol. The van der Waals surface area contributed by atoms with Gasteiger partial charge in [0.1, 0.15) is 11.4 Å². The molecule has 3 rings (SSSR count). The number of rotatable bonds is 1. The summed E-state index contributed by atoms with van der Waals surface area (Å²) in [6.45, 7) is 5.00. The van der Waals surface area contributed by atoms with E-state index in [4.69, 9.17) is 4.74 Å². The lowest BCUT2D eigenvalue weighted by molar-refractivity contribution is -0.131. The summed E-state index contributed by atoms with van der Waals surface area (Å²) in [5.41, 5.74) is -2.62. The SMILES string of the molecule is CC(C)(C)OC(=O)N1C(=O)[C@@](O)(c2ccccc2)c2cc(F)ccc21. The Hall–Kier alpha value is -2.73. The fourth-order valence-electron chi connectivity index (χ4n) is 2.83. The van der Waals surface area contributed by atoms with Gasteiger partial charge in [0, 0.05) is 5.56 Å². The molecule has 0 unspecified atom stereocenters. The molecule has 0 radical (unpaired) electrons. The van der Waals surface area contributed by atoms with Crippen LogP contribution in [0.15, 0.2) is 48.5 Å². The number of halogens is 1. The van der Waals surface area contributed by atoms with Crippen molar-refractivity contribution in [3.63, 3.8) is 0 Å². The summed E-state index contributed by atoms with van der Waals surface area (Å²) in [5, 5.41) is 11.2. The van der Waals surface area contributed by atoms with Gasteiger partial charge in [-0.15, -0.1) is 0 Å². The quantitative estimate of drug-likeness (QED) is 0.862. The summed E-state index contributed by atoms with van der Waals surface area (Å²) in [6.07, 6.45) is -0.919. The van der Waals surface area contributed by atoms with E-state index in [1.807, 2.05) is 0 Å². The van der Waals surface area contributed by atoms with Gasteiger partial charge in [-0.3, -0.25) is 4.79 Å². The highest BCUT2D eigenvalue weighted by atomic mass is 19.1. The summed E-state index contributed by atoms with van der Waals surface area (Å²) in [4.78, 5) is 26.2. The van der Waals surface area contributed by atoms with Gasteiger partial charge in [-0.25, -0.2) is 14.1 Å². The number of imide groups is 1. The van der Waals surface area contributed by atoms with Gasteiger partial charge in [-0.2, -0.15) is 0 Å². The van der Waals surface area contributed by atoms with Crippen LogP contribution < -0.4 is 4.90 Å². The van der Waals surface area contributed by atoms with Gasteiger partial charge in [0.2, 0.25) is 0 Å². The molecule has 6 heteroatoms. The molecule has 1 N–H and O–H groups in total. The van der Waals surface area contributed by atoms with Crippen LogP contribution in [0.1, 0.15) is 31.9 Å². The van der Waals surface area contributed by atoms with Crippen molar-refractivity contribution in [1.29, 1.82) is 0 Å². The van der Waals surface area contributed by atoms with Crippen LogP contribution in [0.2, 0.25) is 0 Å². The fraction of sp³-hybridized carbons (Fsp3) is 0.263. The normalized spacial score (nSPS) is 19.7. The van der Waals surface area contributed by atoms with E-state index in [2.05, 4.69) is 0 Å². The van der Waals surface area contributed by atoms with E-state index < -0.39 is 29.0 Å². The van der Waals surface area contributed by atoms with Crippen LogP contribution in [0.25, 0.3) is 0 Å². The number of nitrogens with zero attached hydrogens (tertiary/aromatic N) is 1. The summed E-state index contributed by atoms with van der Waals surface area (Å²) in [5.74, 6) is -1.51. The first kappa shape index (κ1) is 17.1. The van der Waals surface area contributed by atoms with Crippen molar-refractivity contribution in [2.75, 3.05) is 4.90 Å². The smallest absolute Gasteiger partial charge is 0.421 e. The lowest BCUT2D eigenvalue weighted by Crippen LogP contribution is -2.45. The van der Waals surface area contributed by atoms with Crippen molar-refractivity contribution in [3.8, 4) is 0 Å². The Morgan fingerprint density at radius 1 is 1.16 bits per heavy atom. The van der Waals surface area contributed by atoms with Crippen LogP contribution in [-0.4, -0.2) is 22.7 Å². The highest BCUT2D eigenvalue weighted by Crippen LogP contribution is 2.45.